The zero-order valence-corrected chi connectivity index (χ0v) is 10.7. The lowest BCUT2D eigenvalue weighted by molar-refractivity contribution is 0.0702. The van der Waals surface area contributed by atoms with Gasteiger partial charge in [0.05, 0.1) is 13.2 Å². The second kappa shape index (κ2) is 5.03. The summed E-state index contributed by atoms with van der Waals surface area (Å²) in [4.78, 5) is 2.65. The van der Waals surface area contributed by atoms with Gasteiger partial charge in [0.25, 0.3) is 0 Å². The van der Waals surface area contributed by atoms with Gasteiger partial charge in [0.2, 0.25) is 0 Å². The molecule has 0 amide bonds. The van der Waals surface area contributed by atoms with Crippen molar-refractivity contribution in [2.24, 2.45) is 11.1 Å². The fourth-order valence-electron chi connectivity index (χ4n) is 3.08. The van der Waals surface area contributed by atoms with Crippen LogP contribution in [0.25, 0.3) is 0 Å². The second-order valence-electron chi connectivity index (χ2n) is 5.80. The summed E-state index contributed by atoms with van der Waals surface area (Å²) < 4.78 is 5.53. The lowest BCUT2D eigenvalue weighted by Crippen LogP contribution is -2.51. The minimum atomic E-state index is 0.171. The number of hydrogen-bond donors (Lipinski definition) is 1. The number of nitrogens with two attached hydrogens (primary N) is 1. The molecule has 2 rings (SSSR count). The van der Waals surface area contributed by atoms with Gasteiger partial charge >= 0.3 is 0 Å². The third-order valence-corrected chi connectivity index (χ3v) is 4.41. The van der Waals surface area contributed by atoms with E-state index in [1.54, 1.807) is 0 Å². The van der Waals surface area contributed by atoms with Crippen LogP contribution in [-0.2, 0) is 4.74 Å². The molecule has 0 bridgehead atoms. The number of likely N-dealkylation sites (tertiary alicyclic amines) is 1. The SMILES string of the molecule is CCC1CCCCN1CC1(C)COCC1N. The second-order valence-corrected chi connectivity index (χ2v) is 5.80. The Kier molecular flexibility index (Phi) is 3.88. The summed E-state index contributed by atoms with van der Waals surface area (Å²) in [5.41, 5.74) is 6.34. The Morgan fingerprint density at radius 3 is 2.88 bits per heavy atom. The van der Waals surface area contributed by atoms with E-state index >= 15 is 0 Å². The highest BCUT2D eigenvalue weighted by Crippen LogP contribution is 2.31. The topological polar surface area (TPSA) is 38.5 Å². The van der Waals surface area contributed by atoms with Crippen LogP contribution < -0.4 is 5.73 Å². The van der Waals surface area contributed by atoms with Crippen molar-refractivity contribution < 1.29 is 4.74 Å². The van der Waals surface area contributed by atoms with Gasteiger partial charge in [-0.05, 0) is 25.8 Å². The van der Waals surface area contributed by atoms with Crippen molar-refractivity contribution >= 4 is 0 Å². The molecule has 0 saturated carbocycles. The fourth-order valence-corrected chi connectivity index (χ4v) is 3.08. The van der Waals surface area contributed by atoms with Crippen molar-refractivity contribution in [3.8, 4) is 0 Å². The van der Waals surface area contributed by atoms with E-state index in [0.29, 0.717) is 0 Å². The van der Waals surface area contributed by atoms with Gasteiger partial charge in [-0.15, -0.1) is 0 Å². The lowest BCUT2D eigenvalue weighted by Gasteiger charge is -2.41. The number of piperidine rings is 1. The summed E-state index contributed by atoms with van der Waals surface area (Å²) in [6.07, 6.45) is 5.38. The van der Waals surface area contributed by atoms with Crippen LogP contribution in [0.1, 0.15) is 39.5 Å². The van der Waals surface area contributed by atoms with Gasteiger partial charge < -0.3 is 10.5 Å². The maximum absolute atomic E-state index is 6.17. The third-order valence-electron chi connectivity index (χ3n) is 4.41. The van der Waals surface area contributed by atoms with E-state index in [2.05, 4.69) is 18.7 Å². The van der Waals surface area contributed by atoms with Crippen molar-refractivity contribution in [3.63, 3.8) is 0 Å². The molecule has 0 aromatic heterocycles. The molecule has 2 aliphatic heterocycles. The smallest absolute Gasteiger partial charge is 0.0624 e. The lowest BCUT2D eigenvalue weighted by atomic mass is 9.84. The molecule has 2 saturated heterocycles. The van der Waals surface area contributed by atoms with E-state index in [1.807, 2.05) is 0 Å². The van der Waals surface area contributed by atoms with Crippen LogP contribution in [0, 0.1) is 5.41 Å². The molecule has 16 heavy (non-hydrogen) atoms. The number of rotatable bonds is 3. The zero-order valence-electron chi connectivity index (χ0n) is 10.7. The normalized spacial score (nSPS) is 41.4. The molecular formula is C13H26N2O. The Labute approximate surface area is 99.3 Å². The standard InChI is InChI=1S/C13H26N2O/c1-3-11-6-4-5-7-15(11)9-13(2)10-16-8-12(13)14/h11-12H,3-10,14H2,1-2H3. The molecule has 0 spiro atoms. The quantitative estimate of drug-likeness (QED) is 0.794. The third kappa shape index (κ3) is 2.41. The maximum Gasteiger partial charge on any atom is 0.0624 e. The largest absolute Gasteiger partial charge is 0.379 e. The van der Waals surface area contributed by atoms with E-state index in [4.69, 9.17) is 10.5 Å². The van der Waals surface area contributed by atoms with Gasteiger partial charge in [-0.1, -0.05) is 20.3 Å². The maximum atomic E-state index is 6.17. The zero-order chi connectivity index (χ0) is 11.6. The van der Waals surface area contributed by atoms with E-state index < -0.39 is 0 Å². The molecule has 3 atom stereocenters. The predicted molar refractivity (Wildman–Crippen MR) is 66.4 cm³/mol. The van der Waals surface area contributed by atoms with Crippen LogP contribution in [0.5, 0.6) is 0 Å². The first-order chi connectivity index (χ1) is 7.65. The molecule has 3 unspecified atom stereocenters. The predicted octanol–water partition coefficient (Wildman–Crippen LogP) is 1.61. The summed E-state index contributed by atoms with van der Waals surface area (Å²) in [7, 11) is 0. The first-order valence-corrected chi connectivity index (χ1v) is 6.73. The first kappa shape index (κ1) is 12.3. The van der Waals surface area contributed by atoms with Gasteiger partial charge in [0.15, 0.2) is 0 Å². The Bertz CT molecular complexity index is 234. The fraction of sp³-hybridized carbons (Fsp3) is 1.00. The minimum Gasteiger partial charge on any atom is -0.379 e. The van der Waals surface area contributed by atoms with Crippen molar-refractivity contribution in [1.82, 2.24) is 4.90 Å². The molecule has 2 heterocycles. The Morgan fingerprint density at radius 1 is 1.44 bits per heavy atom. The molecular weight excluding hydrogens is 200 g/mol. The van der Waals surface area contributed by atoms with Gasteiger partial charge in [-0.3, -0.25) is 4.90 Å². The van der Waals surface area contributed by atoms with Crippen LogP contribution in [0.4, 0.5) is 0 Å². The summed E-state index contributed by atoms with van der Waals surface area (Å²) in [6.45, 7) is 8.53. The van der Waals surface area contributed by atoms with Crippen LogP contribution in [0.15, 0.2) is 0 Å². The molecule has 0 aliphatic carbocycles. The molecule has 2 aliphatic rings. The number of ether oxygens (including phenoxy) is 1. The molecule has 2 fully saturated rings. The van der Waals surface area contributed by atoms with Gasteiger partial charge in [-0.25, -0.2) is 0 Å². The van der Waals surface area contributed by atoms with E-state index in [0.717, 1.165) is 25.8 Å². The molecule has 0 radical (unpaired) electrons. The van der Waals surface area contributed by atoms with Crippen LogP contribution in [0.2, 0.25) is 0 Å². The highest BCUT2D eigenvalue weighted by Gasteiger charge is 2.40. The van der Waals surface area contributed by atoms with Crippen molar-refractivity contribution in [3.05, 3.63) is 0 Å². The van der Waals surface area contributed by atoms with Crippen LogP contribution in [-0.4, -0.2) is 43.3 Å². The summed E-state index contributed by atoms with van der Waals surface area (Å²) >= 11 is 0. The first-order valence-electron chi connectivity index (χ1n) is 6.73. The average molecular weight is 226 g/mol. The number of hydrogen-bond acceptors (Lipinski definition) is 3. The summed E-state index contributed by atoms with van der Waals surface area (Å²) in [5.74, 6) is 0. The van der Waals surface area contributed by atoms with Gasteiger partial charge in [0.1, 0.15) is 0 Å². The van der Waals surface area contributed by atoms with E-state index in [1.165, 1.54) is 32.2 Å². The monoisotopic (exact) mass is 226 g/mol. The highest BCUT2D eigenvalue weighted by atomic mass is 16.5. The van der Waals surface area contributed by atoms with Crippen molar-refractivity contribution in [2.75, 3.05) is 26.3 Å². The van der Waals surface area contributed by atoms with Gasteiger partial charge in [0, 0.05) is 24.0 Å². The molecule has 0 aromatic rings. The molecule has 2 N–H and O–H groups in total. The Hall–Kier alpha value is -0.120. The molecule has 0 aromatic carbocycles. The van der Waals surface area contributed by atoms with Crippen LogP contribution in [0.3, 0.4) is 0 Å². The van der Waals surface area contributed by atoms with E-state index in [9.17, 15) is 0 Å². The highest BCUT2D eigenvalue weighted by molar-refractivity contribution is 4.94. The Morgan fingerprint density at radius 2 is 2.25 bits per heavy atom. The van der Waals surface area contributed by atoms with E-state index in [-0.39, 0.29) is 11.5 Å². The molecule has 3 heteroatoms. The summed E-state index contributed by atoms with van der Waals surface area (Å²) in [6, 6.07) is 0.991. The molecule has 94 valence electrons. The van der Waals surface area contributed by atoms with Gasteiger partial charge in [-0.2, -0.15) is 0 Å². The number of nitrogens with zero attached hydrogens (tertiary/aromatic N) is 1. The minimum absolute atomic E-state index is 0.171. The van der Waals surface area contributed by atoms with Crippen molar-refractivity contribution in [2.45, 2.75) is 51.6 Å². The van der Waals surface area contributed by atoms with Crippen LogP contribution >= 0.6 is 0 Å². The van der Waals surface area contributed by atoms with Crippen molar-refractivity contribution in [1.29, 1.82) is 0 Å². The summed E-state index contributed by atoms with van der Waals surface area (Å²) in [5, 5.41) is 0. The Balaban J connectivity index is 1.96. The molecule has 3 nitrogen and oxygen atoms in total. The average Bonchev–Trinajstić information content (AvgIpc) is 2.60.